The molecule has 0 aliphatic carbocycles. The maximum absolute atomic E-state index is 12.3. The molecule has 0 bridgehead atoms. The van der Waals surface area contributed by atoms with Gasteiger partial charge in [-0.25, -0.2) is 9.97 Å². The molecule has 0 unspecified atom stereocenters. The minimum Gasteiger partial charge on any atom is -0.355 e. The minimum absolute atomic E-state index is 0.287. The van der Waals surface area contributed by atoms with Crippen LogP contribution in [0, 0.1) is 6.92 Å². The van der Waals surface area contributed by atoms with E-state index >= 15 is 0 Å². The lowest BCUT2D eigenvalue weighted by molar-refractivity contribution is 0.102. The molecule has 1 amide bonds. The molecule has 6 heteroatoms. The fourth-order valence-corrected chi connectivity index (χ4v) is 2.95. The SMILES string of the molecule is Cc1ccc(NC(=O)c2cnc(N3CCCCCC3)cn2)cc1Cl. The predicted molar refractivity (Wildman–Crippen MR) is 96.9 cm³/mol. The zero-order valence-electron chi connectivity index (χ0n) is 13.8. The molecule has 2 aromatic rings. The van der Waals surface area contributed by atoms with Gasteiger partial charge in [0.2, 0.25) is 0 Å². The van der Waals surface area contributed by atoms with Crippen molar-refractivity contribution in [3.8, 4) is 0 Å². The van der Waals surface area contributed by atoms with E-state index in [9.17, 15) is 4.79 Å². The summed E-state index contributed by atoms with van der Waals surface area (Å²) in [7, 11) is 0. The van der Waals surface area contributed by atoms with E-state index in [0.29, 0.717) is 16.4 Å². The second-order valence-electron chi connectivity index (χ2n) is 6.08. The number of hydrogen-bond acceptors (Lipinski definition) is 4. The number of carbonyl (C=O) groups is 1. The number of aromatic nitrogens is 2. The van der Waals surface area contributed by atoms with E-state index in [1.807, 2.05) is 19.1 Å². The van der Waals surface area contributed by atoms with Crippen molar-refractivity contribution in [2.24, 2.45) is 0 Å². The second-order valence-corrected chi connectivity index (χ2v) is 6.49. The summed E-state index contributed by atoms with van der Waals surface area (Å²) in [6, 6.07) is 5.41. The number of anilines is 2. The zero-order chi connectivity index (χ0) is 16.9. The molecule has 3 rings (SSSR count). The Hall–Kier alpha value is -2.14. The fraction of sp³-hybridized carbons (Fsp3) is 0.389. The first kappa shape index (κ1) is 16.7. The lowest BCUT2D eigenvalue weighted by atomic mass is 10.2. The Labute approximate surface area is 147 Å². The summed E-state index contributed by atoms with van der Waals surface area (Å²) in [5.41, 5.74) is 1.91. The number of nitrogens with zero attached hydrogens (tertiary/aromatic N) is 3. The van der Waals surface area contributed by atoms with E-state index in [1.165, 1.54) is 31.9 Å². The number of aryl methyl sites for hydroxylation is 1. The van der Waals surface area contributed by atoms with Gasteiger partial charge in [0, 0.05) is 23.8 Å². The molecule has 1 fully saturated rings. The van der Waals surface area contributed by atoms with Crippen molar-refractivity contribution in [3.05, 3.63) is 46.9 Å². The Kier molecular flexibility index (Phi) is 5.30. The Morgan fingerprint density at radius 1 is 1.12 bits per heavy atom. The smallest absolute Gasteiger partial charge is 0.275 e. The van der Waals surface area contributed by atoms with Gasteiger partial charge in [0.1, 0.15) is 11.5 Å². The summed E-state index contributed by atoms with van der Waals surface area (Å²) in [5, 5.41) is 3.42. The van der Waals surface area contributed by atoms with Crippen LogP contribution in [0.15, 0.2) is 30.6 Å². The number of halogens is 1. The van der Waals surface area contributed by atoms with Gasteiger partial charge in [0.25, 0.3) is 5.91 Å². The Morgan fingerprint density at radius 2 is 1.88 bits per heavy atom. The van der Waals surface area contributed by atoms with Gasteiger partial charge < -0.3 is 10.2 Å². The van der Waals surface area contributed by atoms with Crippen LogP contribution in [0.5, 0.6) is 0 Å². The molecule has 0 radical (unpaired) electrons. The van der Waals surface area contributed by atoms with Crippen molar-refractivity contribution in [2.75, 3.05) is 23.3 Å². The number of hydrogen-bond donors (Lipinski definition) is 1. The predicted octanol–water partition coefficient (Wildman–Crippen LogP) is 4.07. The van der Waals surface area contributed by atoms with Crippen LogP contribution in [-0.4, -0.2) is 29.0 Å². The number of rotatable bonds is 3. The average Bonchev–Trinajstić information content (AvgIpc) is 2.88. The molecule has 1 saturated heterocycles. The molecule has 1 aliphatic rings. The largest absolute Gasteiger partial charge is 0.355 e. The topological polar surface area (TPSA) is 58.1 Å². The summed E-state index contributed by atoms with van der Waals surface area (Å²) in [6.45, 7) is 3.92. The summed E-state index contributed by atoms with van der Waals surface area (Å²) in [4.78, 5) is 23.2. The van der Waals surface area contributed by atoms with E-state index in [-0.39, 0.29) is 5.91 Å². The highest BCUT2D eigenvalue weighted by molar-refractivity contribution is 6.31. The van der Waals surface area contributed by atoms with Crippen LogP contribution in [-0.2, 0) is 0 Å². The van der Waals surface area contributed by atoms with Crippen LogP contribution in [0.25, 0.3) is 0 Å². The summed E-state index contributed by atoms with van der Waals surface area (Å²) >= 11 is 6.08. The number of nitrogens with one attached hydrogen (secondary N) is 1. The molecule has 1 aromatic carbocycles. The first-order valence-corrected chi connectivity index (χ1v) is 8.66. The van der Waals surface area contributed by atoms with Gasteiger partial charge in [0.05, 0.1) is 12.4 Å². The molecule has 0 saturated carbocycles. The molecule has 0 spiro atoms. The van der Waals surface area contributed by atoms with Crippen molar-refractivity contribution >= 4 is 29.0 Å². The molecular formula is C18H21ClN4O. The molecule has 0 atom stereocenters. The average molecular weight is 345 g/mol. The molecule has 1 aliphatic heterocycles. The lowest BCUT2D eigenvalue weighted by Crippen LogP contribution is -2.25. The third-order valence-electron chi connectivity index (χ3n) is 4.23. The highest BCUT2D eigenvalue weighted by atomic mass is 35.5. The fourth-order valence-electron chi connectivity index (χ4n) is 2.77. The number of benzene rings is 1. The van der Waals surface area contributed by atoms with Gasteiger partial charge in [-0.15, -0.1) is 0 Å². The van der Waals surface area contributed by atoms with E-state index in [2.05, 4.69) is 20.2 Å². The van der Waals surface area contributed by atoms with Crippen molar-refractivity contribution in [2.45, 2.75) is 32.6 Å². The maximum atomic E-state index is 12.3. The summed E-state index contributed by atoms with van der Waals surface area (Å²) in [5.74, 6) is 0.552. The van der Waals surface area contributed by atoms with Gasteiger partial charge in [-0.05, 0) is 37.5 Å². The van der Waals surface area contributed by atoms with Crippen LogP contribution < -0.4 is 10.2 Å². The summed E-state index contributed by atoms with van der Waals surface area (Å²) < 4.78 is 0. The van der Waals surface area contributed by atoms with E-state index < -0.39 is 0 Å². The quantitative estimate of drug-likeness (QED) is 0.911. The monoisotopic (exact) mass is 344 g/mol. The van der Waals surface area contributed by atoms with E-state index in [4.69, 9.17) is 11.6 Å². The Bertz CT molecular complexity index is 709. The van der Waals surface area contributed by atoms with Gasteiger partial charge in [0.15, 0.2) is 0 Å². The first-order chi connectivity index (χ1) is 11.6. The third kappa shape index (κ3) is 4.03. The van der Waals surface area contributed by atoms with E-state index in [0.717, 1.165) is 24.5 Å². The maximum Gasteiger partial charge on any atom is 0.275 e. The highest BCUT2D eigenvalue weighted by Crippen LogP contribution is 2.21. The van der Waals surface area contributed by atoms with Crippen LogP contribution in [0.1, 0.15) is 41.7 Å². The zero-order valence-corrected chi connectivity index (χ0v) is 14.5. The molecule has 24 heavy (non-hydrogen) atoms. The van der Waals surface area contributed by atoms with Crippen LogP contribution in [0.3, 0.4) is 0 Å². The van der Waals surface area contributed by atoms with Crippen molar-refractivity contribution in [1.82, 2.24) is 9.97 Å². The van der Waals surface area contributed by atoms with Crippen LogP contribution in [0.2, 0.25) is 5.02 Å². The third-order valence-corrected chi connectivity index (χ3v) is 4.64. The van der Waals surface area contributed by atoms with Gasteiger partial charge in [-0.2, -0.15) is 0 Å². The molecule has 126 valence electrons. The van der Waals surface area contributed by atoms with Crippen molar-refractivity contribution in [3.63, 3.8) is 0 Å². The first-order valence-electron chi connectivity index (χ1n) is 8.28. The van der Waals surface area contributed by atoms with E-state index in [1.54, 1.807) is 12.3 Å². The van der Waals surface area contributed by atoms with Crippen molar-refractivity contribution < 1.29 is 4.79 Å². The molecule has 2 heterocycles. The van der Waals surface area contributed by atoms with Crippen LogP contribution >= 0.6 is 11.6 Å². The number of carbonyl (C=O) groups excluding carboxylic acids is 1. The highest BCUT2D eigenvalue weighted by Gasteiger charge is 2.14. The molecule has 1 N–H and O–H groups in total. The normalized spacial score (nSPS) is 15.0. The molecule has 1 aromatic heterocycles. The van der Waals surface area contributed by atoms with Gasteiger partial charge in [-0.3, -0.25) is 4.79 Å². The number of amides is 1. The Balaban J connectivity index is 1.68. The molecular weight excluding hydrogens is 324 g/mol. The standard InChI is InChI=1S/C18H21ClN4O/c1-13-6-7-14(10-15(13)19)22-18(24)16-11-21-17(12-20-16)23-8-4-2-3-5-9-23/h6-7,10-12H,2-5,8-9H2,1H3,(H,22,24). The summed E-state index contributed by atoms with van der Waals surface area (Å²) in [6.07, 6.45) is 8.11. The minimum atomic E-state index is -0.287. The van der Waals surface area contributed by atoms with Gasteiger partial charge >= 0.3 is 0 Å². The molecule has 5 nitrogen and oxygen atoms in total. The Morgan fingerprint density at radius 3 is 2.50 bits per heavy atom. The van der Waals surface area contributed by atoms with Gasteiger partial charge in [-0.1, -0.05) is 30.5 Å². The second kappa shape index (κ2) is 7.62. The van der Waals surface area contributed by atoms with Crippen molar-refractivity contribution in [1.29, 1.82) is 0 Å². The van der Waals surface area contributed by atoms with Crippen LogP contribution in [0.4, 0.5) is 11.5 Å². The lowest BCUT2D eigenvalue weighted by Gasteiger charge is -2.20.